The summed E-state index contributed by atoms with van der Waals surface area (Å²) >= 11 is 6.30. The third-order valence-corrected chi connectivity index (χ3v) is 6.59. The van der Waals surface area contributed by atoms with E-state index in [1.165, 1.54) is 17.7 Å². The van der Waals surface area contributed by atoms with E-state index in [1.54, 1.807) is 12.4 Å². The van der Waals surface area contributed by atoms with Crippen LogP contribution in [-0.2, 0) is 15.9 Å². The van der Waals surface area contributed by atoms with Gasteiger partial charge in [0, 0.05) is 23.9 Å². The Hall–Kier alpha value is -1.87. The molecule has 5 nitrogen and oxygen atoms in total. The van der Waals surface area contributed by atoms with Crippen LogP contribution in [0.1, 0.15) is 50.2 Å². The SMILES string of the molecule is CC1=C(CCCc2ccc(C#N)cc2Cl)NC=NC1OC1CC2COCC(C2)C1. The smallest absolute Gasteiger partial charge is 0.173 e. The van der Waals surface area contributed by atoms with Crippen LogP contribution in [-0.4, -0.2) is 31.9 Å². The summed E-state index contributed by atoms with van der Waals surface area (Å²) in [5.41, 5.74) is 4.04. The third-order valence-electron chi connectivity index (χ3n) is 6.24. The number of rotatable bonds is 6. The molecule has 6 heteroatoms. The molecule has 3 unspecified atom stereocenters. The van der Waals surface area contributed by atoms with Gasteiger partial charge in [-0.25, -0.2) is 4.99 Å². The molecule has 1 saturated heterocycles. The number of fused-ring (bicyclic) bond motifs is 2. The van der Waals surface area contributed by atoms with E-state index >= 15 is 0 Å². The van der Waals surface area contributed by atoms with Crippen LogP contribution in [0.4, 0.5) is 0 Å². The number of nitriles is 1. The summed E-state index contributed by atoms with van der Waals surface area (Å²) in [6.45, 7) is 3.87. The van der Waals surface area contributed by atoms with Gasteiger partial charge in [0.15, 0.2) is 6.23 Å². The lowest BCUT2D eigenvalue weighted by molar-refractivity contribution is -0.0892. The summed E-state index contributed by atoms with van der Waals surface area (Å²) < 4.78 is 12.1. The first kappa shape index (κ1) is 20.4. The number of hydrogen-bond donors (Lipinski definition) is 1. The average Bonchev–Trinajstić information content (AvgIpc) is 2.71. The molecule has 1 aromatic carbocycles. The van der Waals surface area contributed by atoms with Gasteiger partial charge >= 0.3 is 0 Å². The first-order valence-electron chi connectivity index (χ1n) is 10.5. The largest absolute Gasteiger partial charge is 0.381 e. The second-order valence-electron chi connectivity index (χ2n) is 8.44. The van der Waals surface area contributed by atoms with Crippen LogP contribution in [0.2, 0.25) is 5.02 Å². The molecule has 3 aliphatic rings. The van der Waals surface area contributed by atoms with Crippen LogP contribution >= 0.6 is 11.6 Å². The lowest BCUT2D eigenvalue weighted by Gasteiger charge is -2.39. The zero-order chi connectivity index (χ0) is 20.2. The molecule has 1 aromatic rings. The first-order valence-corrected chi connectivity index (χ1v) is 10.9. The highest BCUT2D eigenvalue weighted by Crippen LogP contribution is 2.36. The van der Waals surface area contributed by atoms with Crippen molar-refractivity contribution in [1.29, 1.82) is 5.26 Å². The minimum Gasteiger partial charge on any atom is -0.381 e. The Morgan fingerprint density at radius 1 is 1.24 bits per heavy atom. The molecular weight excluding hydrogens is 386 g/mol. The molecule has 2 bridgehead atoms. The summed E-state index contributed by atoms with van der Waals surface area (Å²) in [7, 11) is 0. The van der Waals surface area contributed by atoms with Gasteiger partial charge in [-0.1, -0.05) is 17.7 Å². The van der Waals surface area contributed by atoms with Gasteiger partial charge in [-0.05, 0) is 80.6 Å². The number of nitrogens with zero attached hydrogens (tertiary/aromatic N) is 2. The second-order valence-corrected chi connectivity index (χ2v) is 8.85. The van der Waals surface area contributed by atoms with E-state index < -0.39 is 0 Å². The van der Waals surface area contributed by atoms with Crippen molar-refractivity contribution in [1.82, 2.24) is 5.32 Å². The van der Waals surface area contributed by atoms with Crippen molar-refractivity contribution in [2.45, 2.75) is 57.8 Å². The van der Waals surface area contributed by atoms with Crippen molar-refractivity contribution in [2.75, 3.05) is 13.2 Å². The van der Waals surface area contributed by atoms with E-state index in [1.807, 2.05) is 12.1 Å². The number of aryl methyl sites for hydroxylation is 1. The average molecular weight is 414 g/mol. The van der Waals surface area contributed by atoms with Crippen molar-refractivity contribution in [3.05, 3.63) is 45.6 Å². The standard InChI is InChI=1S/C23H28ClN3O2/c1-15-22(4-2-3-19-6-5-16(11-25)10-21(19)24)26-14-27-23(15)29-20-8-17-7-18(9-20)13-28-12-17/h5-6,10,14,17-18,20,23H,2-4,7-9,12-13H2,1H3,(H,26,27). The van der Waals surface area contributed by atoms with E-state index in [9.17, 15) is 0 Å². The predicted molar refractivity (Wildman–Crippen MR) is 114 cm³/mol. The van der Waals surface area contributed by atoms with E-state index in [4.69, 9.17) is 26.3 Å². The molecule has 2 aliphatic heterocycles. The molecule has 2 fully saturated rings. The Bertz CT molecular complexity index is 833. The molecule has 1 saturated carbocycles. The fraction of sp³-hybridized carbons (Fsp3) is 0.565. The van der Waals surface area contributed by atoms with Gasteiger partial charge in [0.1, 0.15) is 0 Å². The lowest BCUT2D eigenvalue weighted by atomic mass is 9.79. The molecule has 1 N–H and O–H groups in total. The van der Waals surface area contributed by atoms with Crippen molar-refractivity contribution >= 4 is 17.9 Å². The normalized spacial score (nSPS) is 28.7. The second kappa shape index (κ2) is 9.30. The van der Waals surface area contributed by atoms with Gasteiger partial charge in [0.05, 0.1) is 24.1 Å². The Morgan fingerprint density at radius 3 is 2.76 bits per heavy atom. The van der Waals surface area contributed by atoms with Crippen LogP contribution in [0.25, 0.3) is 0 Å². The van der Waals surface area contributed by atoms with Crippen molar-refractivity contribution < 1.29 is 9.47 Å². The van der Waals surface area contributed by atoms with Crippen LogP contribution in [0.3, 0.4) is 0 Å². The van der Waals surface area contributed by atoms with E-state index in [0.717, 1.165) is 50.9 Å². The van der Waals surface area contributed by atoms with Gasteiger partial charge in [0.25, 0.3) is 0 Å². The van der Waals surface area contributed by atoms with E-state index in [0.29, 0.717) is 22.4 Å². The molecule has 3 atom stereocenters. The predicted octanol–water partition coefficient (Wildman–Crippen LogP) is 4.60. The van der Waals surface area contributed by atoms with Gasteiger partial charge in [-0.3, -0.25) is 0 Å². The molecular formula is C23H28ClN3O2. The number of hydrogen-bond acceptors (Lipinski definition) is 5. The van der Waals surface area contributed by atoms with Crippen molar-refractivity contribution in [3.63, 3.8) is 0 Å². The minimum absolute atomic E-state index is 0.186. The Balaban J connectivity index is 1.32. The van der Waals surface area contributed by atoms with Gasteiger partial charge in [-0.15, -0.1) is 0 Å². The van der Waals surface area contributed by atoms with Crippen LogP contribution in [0.15, 0.2) is 34.5 Å². The Kier molecular flexibility index (Phi) is 6.54. The number of benzene rings is 1. The van der Waals surface area contributed by atoms with E-state index in [-0.39, 0.29) is 12.3 Å². The summed E-state index contributed by atoms with van der Waals surface area (Å²) in [6.07, 6.45) is 8.06. The Morgan fingerprint density at radius 2 is 2.03 bits per heavy atom. The highest BCUT2D eigenvalue weighted by atomic mass is 35.5. The number of aliphatic imine (C=N–C) groups is 1. The third kappa shape index (κ3) is 5.01. The summed E-state index contributed by atoms with van der Waals surface area (Å²) in [5, 5.41) is 12.9. The number of halogens is 1. The summed E-state index contributed by atoms with van der Waals surface area (Å²) in [4.78, 5) is 4.55. The number of nitrogens with one attached hydrogen (secondary N) is 1. The number of ether oxygens (including phenoxy) is 2. The zero-order valence-electron chi connectivity index (χ0n) is 16.9. The maximum Gasteiger partial charge on any atom is 0.173 e. The fourth-order valence-corrected chi connectivity index (χ4v) is 4.98. The molecule has 29 heavy (non-hydrogen) atoms. The van der Waals surface area contributed by atoms with Crippen LogP contribution in [0, 0.1) is 23.2 Å². The molecule has 154 valence electrons. The molecule has 1 aliphatic carbocycles. The van der Waals surface area contributed by atoms with Gasteiger partial charge in [-0.2, -0.15) is 5.26 Å². The molecule has 0 spiro atoms. The van der Waals surface area contributed by atoms with Gasteiger partial charge in [0.2, 0.25) is 0 Å². The summed E-state index contributed by atoms with van der Waals surface area (Å²) in [6, 6.07) is 7.64. The highest BCUT2D eigenvalue weighted by Gasteiger charge is 2.34. The minimum atomic E-state index is -0.186. The van der Waals surface area contributed by atoms with E-state index in [2.05, 4.69) is 23.3 Å². The maximum absolute atomic E-state index is 8.96. The first-order chi connectivity index (χ1) is 14.1. The molecule has 4 rings (SSSR count). The monoisotopic (exact) mass is 413 g/mol. The fourth-order valence-electron chi connectivity index (χ4n) is 4.71. The molecule has 2 heterocycles. The lowest BCUT2D eigenvalue weighted by Crippen LogP contribution is -2.39. The van der Waals surface area contributed by atoms with Crippen molar-refractivity contribution in [2.24, 2.45) is 16.8 Å². The highest BCUT2D eigenvalue weighted by molar-refractivity contribution is 6.31. The quantitative estimate of drug-likeness (QED) is 0.740. The summed E-state index contributed by atoms with van der Waals surface area (Å²) in [5.74, 6) is 1.28. The van der Waals surface area contributed by atoms with Gasteiger partial charge < -0.3 is 14.8 Å². The van der Waals surface area contributed by atoms with Crippen LogP contribution in [0.5, 0.6) is 0 Å². The van der Waals surface area contributed by atoms with Crippen LogP contribution < -0.4 is 5.32 Å². The van der Waals surface area contributed by atoms with Crippen molar-refractivity contribution in [3.8, 4) is 6.07 Å². The molecule has 0 radical (unpaired) electrons. The topological polar surface area (TPSA) is 66.6 Å². The molecule has 0 amide bonds. The maximum atomic E-state index is 8.96. The zero-order valence-corrected chi connectivity index (χ0v) is 17.6. The Labute approximate surface area is 177 Å². The molecule has 0 aromatic heterocycles. The number of allylic oxidation sites excluding steroid dienone is 1.